The molecule has 1 atom stereocenters. The van der Waals surface area contributed by atoms with E-state index in [1.54, 1.807) is 6.07 Å². The summed E-state index contributed by atoms with van der Waals surface area (Å²) in [7, 11) is 0. The van der Waals surface area contributed by atoms with Gasteiger partial charge in [-0.1, -0.05) is 6.07 Å². The van der Waals surface area contributed by atoms with Crippen molar-refractivity contribution in [2.75, 3.05) is 0 Å². The molecule has 14 heavy (non-hydrogen) atoms. The molecule has 4 nitrogen and oxygen atoms in total. The van der Waals surface area contributed by atoms with Gasteiger partial charge in [-0.2, -0.15) is 0 Å². The number of aromatic hydroxyl groups is 2. The Morgan fingerprint density at radius 1 is 1.43 bits per heavy atom. The van der Waals surface area contributed by atoms with Crippen LogP contribution in [0.3, 0.4) is 0 Å². The molecule has 0 saturated carbocycles. The van der Waals surface area contributed by atoms with E-state index in [1.807, 2.05) is 0 Å². The normalized spacial score (nSPS) is 12.4. The fourth-order valence-electron chi connectivity index (χ4n) is 1.09. The highest BCUT2D eigenvalue weighted by molar-refractivity contribution is 5.81. The quantitative estimate of drug-likeness (QED) is 0.615. The zero-order valence-corrected chi connectivity index (χ0v) is 7.90. The second kappa shape index (κ2) is 4.11. The largest absolute Gasteiger partial charge is 0.504 e. The first-order valence-electron chi connectivity index (χ1n) is 4.27. The Kier molecular flexibility index (Phi) is 3.09. The Morgan fingerprint density at radius 3 is 2.57 bits per heavy atom. The molecule has 1 unspecified atom stereocenters. The van der Waals surface area contributed by atoms with Crippen molar-refractivity contribution in [1.29, 1.82) is 0 Å². The van der Waals surface area contributed by atoms with Crippen LogP contribution in [0.5, 0.6) is 11.5 Å². The minimum atomic E-state index is -0.557. The van der Waals surface area contributed by atoms with E-state index in [0.29, 0.717) is 6.42 Å². The summed E-state index contributed by atoms with van der Waals surface area (Å²) in [5.74, 6) is -0.471. The number of phenolic OH excluding ortho intramolecular Hbond substituents is 2. The number of rotatable bonds is 3. The van der Waals surface area contributed by atoms with Crippen molar-refractivity contribution in [2.24, 2.45) is 5.73 Å². The molecule has 0 amide bonds. The second-order valence-electron chi connectivity index (χ2n) is 3.24. The van der Waals surface area contributed by atoms with Gasteiger partial charge in [0, 0.05) is 0 Å². The molecule has 0 heterocycles. The standard InChI is InChI=1S/C10H13NO3/c1-6(12)8(11)4-7-2-3-9(13)10(14)5-7/h2-3,5,8,13-14H,4,11H2,1H3. The molecule has 1 rings (SSSR count). The van der Waals surface area contributed by atoms with E-state index in [-0.39, 0.29) is 17.3 Å². The minimum Gasteiger partial charge on any atom is -0.504 e. The molecule has 1 aromatic carbocycles. The van der Waals surface area contributed by atoms with E-state index in [1.165, 1.54) is 19.1 Å². The van der Waals surface area contributed by atoms with Gasteiger partial charge in [-0.25, -0.2) is 0 Å². The molecule has 0 radical (unpaired) electrons. The van der Waals surface area contributed by atoms with Crippen LogP contribution in [0.2, 0.25) is 0 Å². The summed E-state index contributed by atoms with van der Waals surface area (Å²) in [4.78, 5) is 10.9. The number of nitrogens with two attached hydrogens (primary N) is 1. The summed E-state index contributed by atoms with van der Waals surface area (Å²) in [6.45, 7) is 1.42. The van der Waals surface area contributed by atoms with Crippen LogP contribution >= 0.6 is 0 Å². The summed E-state index contributed by atoms with van der Waals surface area (Å²) in [6.07, 6.45) is 0.364. The average Bonchev–Trinajstić information content (AvgIpc) is 2.11. The van der Waals surface area contributed by atoms with Crippen LogP contribution in [-0.4, -0.2) is 22.0 Å². The molecule has 0 fully saturated rings. The summed E-state index contributed by atoms with van der Waals surface area (Å²) in [5, 5.41) is 18.2. The van der Waals surface area contributed by atoms with Gasteiger partial charge in [0.2, 0.25) is 0 Å². The summed E-state index contributed by atoms with van der Waals surface area (Å²) < 4.78 is 0. The molecule has 76 valence electrons. The van der Waals surface area contributed by atoms with E-state index in [9.17, 15) is 9.90 Å². The van der Waals surface area contributed by atoms with Gasteiger partial charge in [-0.3, -0.25) is 4.79 Å². The predicted molar refractivity (Wildman–Crippen MR) is 52.1 cm³/mol. The number of hydrogen-bond donors (Lipinski definition) is 3. The second-order valence-corrected chi connectivity index (χ2v) is 3.24. The van der Waals surface area contributed by atoms with Gasteiger partial charge in [0.25, 0.3) is 0 Å². The van der Waals surface area contributed by atoms with Gasteiger partial charge in [-0.05, 0) is 31.0 Å². The smallest absolute Gasteiger partial charge is 0.157 e. The van der Waals surface area contributed by atoms with Crippen LogP contribution in [0.1, 0.15) is 12.5 Å². The Morgan fingerprint density at radius 2 is 2.07 bits per heavy atom. The third-order valence-electron chi connectivity index (χ3n) is 2.02. The van der Waals surface area contributed by atoms with Gasteiger partial charge in [0.1, 0.15) is 5.78 Å². The van der Waals surface area contributed by atoms with Crippen LogP contribution in [0, 0.1) is 0 Å². The predicted octanol–water partition coefficient (Wildman–Crippen LogP) is 0.557. The average molecular weight is 195 g/mol. The molecule has 4 heteroatoms. The topological polar surface area (TPSA) is 83.6 Å². The van der Waals surface area contributed by atoms with Crippen LogP contribution in [-0.2, 0) is 11.2 Å². The first kappa shape index (κ1) is 10.5. The van der Waals surface area contributed by atoms with Gasteiger partial charge in [0.05, 0.1) is 6.04 Å². The molecule has 0 aliphatic carbocycles. The lowest BCUT2D eigenvalue weighted by molar-refractivity contribution is -0.118. The lowest BCUT2D eigenvalue weighted by Crippen LogP contribution is -2.30. The molecule has 0 aliphatic heterocycles. The molecule has 1 aromatic rings. The van der Waals surface area contributed by atoms with Crippen molar-refractivity contribution in [3.05, 3.63) is 23.8 Å². The fourth-order valence-corrected chi connectivity index (χ4v) is 1.09. The Labute approximate surface area is 82.0 Å². The van der Waals surface area contributed by atoms with Crippen LogP contribution in [0.25, 0.3) is 0 Å². The van der Waals surface area contributed by atoms with Crippen molar-refractivity contribution in [3.63, 3.8) is 0 Å². The van der Waals surface area contributed by atoms with Crippen molar-refractivity contribution < 1.29 is 15.0 Å². The third-order valence-corrected chi connectivity index (χ3v) is 2.02. The fraction of sp³-hybridized carbons (Fsp3) is 0.300. The van der Waals surface area contributed by atoms with Crippen LogP contribution < -0.4 is 5.73 Å². The molecular formula is C10H13NO3. The molecule has 0 spiro atoms. The van der Waals surface area contributed by atoms with Crippen molar-refractivity contribution in [3.8, 4) is 11.5 Å². The van der Waals surface area contributed by atoms with Crippen molar-refractivity contribution >= 4 is 5.78 Å². The SMILES string of the molecule is CC(=O)C(N)Cc1ccc(O)c(O)c1. The number of hydrogen-bond acceptors (Lipinski definition) is 4. The van der Waals surface area contributed by atoms with Gasteiger partial charge < -0.3 is 15.9 Å². The lowest BCUT2D eigenvalue weighted by Gasteiger charge is -2.08. The van der Waals surface area contributed by atoms with Crippen LogP contribution in [0.15, 0.2) is 18.2 Å². The van der Waals surface area contributed by atoms with E-state index < -0.39 is 6.04 Å². The van der Waals surface area contributed by atoms with Crippen LogP contribution in [0.4, 0.5) is 0 Å². The highest BCUT2D eigenvalue weighted by Crippen LogP contribution is 2.25. The van der Waals surface area contributed by atoms with Gasteiger partial charge in [-0.15, -0.1) is 0 Å². The third kappa shape index (κ3) is 2.47. The van der Waals surface area contributed by atoms with Gasteiger partial charge >= 0.3 is 0 Å². The van der Waals surface area contributed by atoms with E-state index in [2.05, 4.69) is 0 Å². The molecule has 0 bridgehead atoms. The van der Waals surface area contributed by atoms with E-state index in [4.69, 9.17) is 10.8 Å². The summed E-state index contributed by atoms with van der Waals surface area (Å²) in [5.41, 5.74) is 6.27. The maximum Gasteiger partial charge on any atom is 0.157 e. The first-order valence-corrected chi connectivity index (χ1v) is 4.27. The number of carbonyl (C=O) groups excluding carboxylic acids is 1. The lowest BCUT2D eigenvalue weighted by atomic mass is 10.0. The first-order chi connectivity index (χ1) is 6.50. The molecular weight excluding hydrogens is 182 g/mol. The zero-order chi connectivity index (χ0) is 10.7. The number of ketones is 1. The molecule has 0 saturated heterocycles. The van der Waals surface area contributed by atoms with Crippen molar-refractivity contribution in [1.82, 2.24) is 0 Å². The van der Waals surface area contributed by atoms with E-state index >= 15 is 0 Å². The molecule has 4 N–H and O–H groups in total. The number of Topliss-reactive ketones (excluding diaryl/α,β-unsaturated/α-hetero) is 1. The van der Waals surface area contributed by atoms with E-state index in [0.717, 1.165) is 5.56 Å². The molecule has 0 aromatic heterocycles. The molecule has 0 aliphatic rings. The summed E-state index contributed by atoms with van der Waals surface area (Å²) in [6, 6.07) is 3.84. The maximum absolute atomic E-state index is 10.9. The van der Waals surface area contributed by atoms with Gasteiger partial charge in [0.15, 0.2) is 11.5 Å². The zero-order valence-electron chi connectivity index (χ0n) is 7.90. The summed E-state index contributed by atoms with van der Waals surface area (Å²) >= 11 is 0. The number of carbonyl (C=O) groups is 1. The Bertz CT molecular complexity index is 349. The maximum atomic E-state index is 10.9. The monoisotopic (exact) mass is 195 g/mol. The Hall–Kier alpha value is -1.55. The highest BCUT2D eigenvalue weighted by Gasteiger charge is 2.10. The number of phenols is 2. The Balaban J connectivity index is 2.78. The number of benzene rings is 1. The van der Waals surface area contributed by atoms with Crippen molar-refractivity contribution in [2.45, 2.75) is 19.4 Å². The highest BCUT2D eigenvalue weighted by atomic mass is 16.3. The minimum absolute atomic E-state index is 0.0995.